The Morgan fingerprint density at radius 1 is 1.00 bits per heavy atom. The summed E-state index contributed by atoms with van der Waals surface area (Å²) in [5.74, 6) is 1.15. The van der Waals surface area contributed by atoms with Gasteiger partial charge in [0.05, 0.1) is 41.3 Å². The van der Waals surface area contributed by atoms with Gasteiger partial charge in [-0.05, 0) is 73.8 Å². The molecule has 1 aliphatic carbocycles. The number of fused-ring (bicyclic) bond motifs is 4. The van der Waals surface area contributed by atoms with Crippen molar-refractivity contribution in [2.45, 2.75) is 77.8 Å². The standard InChI is InChI=1S/C37H45N7O4S/c1-24-10-7-11-25(2)34(24)31-17-33-41-36(40-31)42-49(46,47)30-15-9-14-27(16-30)35(45)44(29(23-48-33)18-37(3,4)5)22-28-19-38-20-32(39-28)43(6)21-26-12-8-13-26/h7,9-11,14-17,19-20,26,29H,8,12-13,18,21-23H2,1-6H3,(H,40,41,42)/t29-/m1/s1. The van der Waals surface area contributed by atoms with E-state index in [0.717, 1.165) is 29.1 Å². The van der Waals surface area contributed by atoms with E-state index in [1.165, 1.54) is 31.4 Å². The number of anilines is 2. The van der Waals surface area contributed by atoms with Crippen LogP contribution >= 0.6 is 0 Å². The van der Waals surface area contributed by atoms with Gasteiger partial charge in [-0.3, -0.25) is 9.78 Å². The zero-order valence-electron chi connectivity index (χ0n) is 29.1. The third-order valence-electron chi connectivity index (χ3n) is 9.18. The summed E-state index contributed by atoms with van der Waals surface area (Å²) < 4.78 is 36.4. The number of rotatable bonds is 7. The highest BCUT2D eigenvalue weighted by Gasteiger charge is 2.32. The van der Waals surface area contributed by atoms with E-state index >= 15 is 0 Å². The van der Waals surface area contributed by atoms with Gasteiger partial charge in [-0.2, -0.15) is 4.98 Å². The highest BCUT2D eigenvalue weighted by atomic mass is 32.2. The smallest absolute Gasteiger partial charge is 0.264 e. The van der Waals surface area contributed by atoms with Gasteiger partial charge in [-0.25, -0.2) is 23.1 Å². The average molecular weight is 684 g/mol. The highest BCUT2D eigenvalue weighted by molar-refractivity contribution is 7.92. The first-order valence-corrected chi connectivity index (χ1v) is 18.3. The molecule has 3 heterocycles. The van der Waals surface area contributed by atoms with Gasteiger partial charge in [-0.15, -0.1) is 0 Å². The number of aryl methyl sites for hydroxylation is 2. The molecule has 0 radical (unpaired) electrons. The quantitative estimate of drug-likeness (QED) is 0.234. The van der Waals surface area contributed by atoms with Crippen LogP contribution in [0.5, 0.6) is 5.88 Å². The summed E-state index contributed by atoms with van der Waals surface area (Å²) >= 11 is 0. The molecule has 2 aliphatic rings. The average Bonchev–Trinajstić information content (AvgIpc) is 3.02. The molecule has 2 aromatic carbocycles. The minimum absolute atomic E-state index is 0.0760. The fourth-order valence-corrected chi connectivity index (χ4v) is 7.52. The van der Waals surface area contributed by atoms with Gasteiger partial charge in [0.1, 0.15) is 12.4 Å². The SMILES string of the molecule is Cc1cccc(C)c1-c1cc2nc(n1)NS(=O)(=O)c1cccc(c1)C(=O)N(Cc1cncc(N(C)CC3CCC3)n1)[C@H](CC(C)(C)C)CO2. The molecule has 11 nitrogen and oxygen atoms in total. The molecule has 1 aliphatic heterocycles. The van der Waals surface area contributed by atoms with Gasteiger partial charge in [0.15, 0.2) is 0 Å². The van der Waals surface area contributed by atoms with Crippen molar-refractivity contribution < 1.29 is 17.9 Å². The topological polar surface area (TPSA) is 131 Å². The number of nitrogens with one attached hydrogen (secondary N) is 1. The fourth-order valence-electron chi connectivity index (χ4n) is 6.53. The molecule has 1 N–H and O–H groups in total. The van der Waals surface area contributed by atoms with E-state index in [0.29, 0.717) is 23.7 Å². The molecule has 49 heavy (non-hydrogen) atoms. The molecule has 1 saturated carbocycles. The van der Waals surface area contributed by atoms with E-state index in [-0.39, 0.29) is 46.8 Å². The Balaban J connectivity index is 1.44. The van der Waals surface area contributed by atoms with Crippen LogP contribution in [0, 0.1) is 25.2 Å². The number of hydrogen-bond acceptors (Lipinski definition) is 9. The van der Waals surface area contributed by atoms with Crippen LogP contribution in [0.15, 0.2) is 65.8 Å². The largest absolute Gasteiger partial charge is 0.475 e. The predicted molar refractivity (Wildman–Crippen MR) is 190 cm³/mol. The van der Waals surface area contributed by atoms with Gasteiger partial charge in [-0.1, -0.05) is 51.5 Å². The molecule has 2 aromatic heterocycles. The minimum Gasteiger partial charge on any atom is -0.475 e. The second kappa shape index (κ2) is 13.7. The lowest BCUT2D eigenvalue weighted by molar-refractivity contribution is 0.0509. The molecule has 6 rings (SSSR count). The first kappa shape index (κ1) is 34.3. The molecule has 4 aromatic rings. The van der Waals surface area contributed by atoms with Gasteiger partial charge < -0.3 is 14.5 Å². The molecule has 258 valence electrons. The number of amides is 1. The second-order valence-corrected chi connectivity index (χ2v) is 16.2. The number of carbonyl (C=O) groups excluding carboxylic acids is 1. The maximum absolute atomic E-state index is 14.5. The van der Waals surface area contributed by atoms with Crippen molar-refractivity contribution in [2.24, 2.45) is 11.3 Å². The molecule has 1 atom stereocenters. The summed E-state index contributed by atoms with van der Waals surface area (Å²) in [6, 6.07) is 13.3. The van der Waals surface area contributed by atoms with Crippen molar-refractivity contribution >= 4 is 27.7 Å². The summed E-state index contributed by atoms with van der Waals surface area (Å²) in [7, 11) is -2.15. The third-order valence-corrected chi connectivity index (χ3v) is 10.5. The summed E-state index contributed by atoms with van der Waals surface area (Å²) in [4.78, 5) is 36.8. The van der Waals surface area contributed by atoms with Crippen LogP contribution in [0.4, 0.5) is 11.8 Å². The fraction of sp³-hybridized carbons (Fsp3) is 0.432. The van der Waals surface area contributed by atoms with Crippen LogP contribution in [-0.4, -0.2) is 65.4 Å². The van der Waals surface area contributed by atoms with E-state index in [1.807, 2.05) is 39.1 Å². The number of nitrogens with zero attached hydrogens (tertiary/aromatic N) is 6. The lowest BCUT2D eigenvalue weighted by Crippen LogP contribution is -2.45. The Labute approximate surface area is 289 Å². The van der Waals surface area contributed by atoms with E-state index < -0.39 is 16.1 Å². The zero-order chi connectivity index (χ0) is 34.9. The van der Waals surface area contributed by atoms with Crippen LogP contribution in [0.25, 0.3) is 11.3 Å². The van der Waals surface area contributed by atoms with Gasteiger partial charge >= 0.3 is 0 Å². The number of sulfonamides is 1. The maximum Gasteiger partial charge on any atom is 0.264 e. The summed E-state index contributed by atoms with van der Waals surface area (Å²) in [6.45, 7) is 11.5. The summed E-state index contributed by atoms with van der Waals surface area (Å²) in [5.41, 5.74) is 4.02. The van der Waals surface area contributed by atoms with Crippen molar-refractivity contribution in [3.05, 3.63) is 83.3 Å². The van der Waals surface area contributed by atoms with Crippen LogP contribution in [-0.2, 0) is 16.6 Å². The van der Waals surface area contributed by atoms with Crippen molar-refractivity contribution in [3.8, 4) is 17.1 Å². The Morgan fingerprint density at radius 2 is 1.73 bits per heavy atom. The molecular weight excluding hydrogens is 639 g/mol. The predicted octanol–water partition coefficient (Wildman–Crippen LogP) is 6.43. The van der Waals surface area contributed by atoms with Crippen molar-refractivity contribution in [1.29, 1.82) is 0 Å². The van der Waals surface area contributed by atoms with Crippen LogP contribution in [0.1, 0.15) is 73.6 Å². The molecule has 0 spiro atoms. The molecule has 0 unspecified atom stereocenters. The molecule has 12 heteroatoms. The highest BCUT2D eigenvalue weighted by Crippen LogP contribution is 2.32. The van der Waals surface area contributed by atoms with E-state index in [2.05, 4.69) is 45.3 Å². The Morgan fingerprint density at radius 3 is 2.43 bits per heavy atom. The number of carbonyl (C=O) groups is 1. The zero-order valence-corrected chi connectivity index (χ0v) is 29.9. The van der Waals surface area contributed by atoms with Crippen LogP contribution in [0.3, 0.4) is 0 Å². The van der Waals surface area contributed by atoms with Gasteiger partial charge in [0.25, 0.3) is 15.9 Å². The van der Waals surface area contributed by atoms with Crippen molar-refractivity contribution in [2.75, 3.05) is 29.8 Å². The van der Waals surface area contributed by atoms with E-state index in [4.69, 9.17) is 9.72 Å². The first-order valence-electron chi connectivity index (χ1n) is 16.8. The van der Waals surface area contributed by atoms with Crippen LogP contribution < -0.4 is 14.4 Å². The van der Waals surface area contributed by atoms with E-state index in [1.54, 1.807) is 35.5 Å². The minimum atomic E-state index is -4.17. The first-order chi connectivity index (χ1) is 23.3. The number of benzene rings is 2. The van der Waals surface area contributed by atoms with E-state index in [9.17, 15) is 13.2 Å². The van der Waals surface area contributed by atoms with Gasteiger partial charge in [0.2, 0.25) is 11.8 Å². The maximum atomic E-state index is 14.5. The molecule has 4 bridgehead atoms. The molecule has 0 saturated heterocycles. The lowest BCUT2D eigenvalue weighted by atomic mass is 9.85. The van der Waals surface area contributed by atoms with Gasteiger partial charge in [0, 0.05) is 30.8 Å². The van der Waals surface area contributed by atoms with Crippen LogP contribution in [0.2, 0.25) is 0 Å². The van der Waals surface area contributed by atoms with Crippen molar-refractivity contribution in [3.63, 3.8) is 0 Å². The number of ether oxygens (including phenoxy) is 1. The molecule has 1 amide bonds. The lowest BCUT2D eigenvalue weighted by Gasteiger charge is -2.35. The third kappa shape index (κ3) is 8.01. The molecular formula is C37H45N7O4S. The van der Waals surface area contributed by atoms with Crippen molar-refractivity contribution in [1.82, 2.24) is 24.8 Å². The Hall–Kier alpha value is -4.58. The molecule has 1 fully saturated rings. The number of aromatic nitrogens is 4. The monoisotopic (exact) mass is 683 g/mol. The Bertz CT molecular complexity index is 1940. The Kier molecular flexibility index (Phi) is 9.61. The summed E-state index contributed by atoms with van der Waals surface area (Å²) in [6.07, 6.45) is 7.73. The second-order valence-electron chi connectivity index (χ2n) is 14.5. The normalized spacial score (nSPS) is 17.9. The summed E-state index contributed by atoms with van der Waals surface area (Å²) in [5, 5.41) is 0. The number of hydrogen-bond donors (Lipinski definition) is 1.